The van der Waals surface area contributed by atoms with Crippen molar-refractivity contribution in [1.82, 2.24) is 15.1 Å². The van der Waals surface area contributed by atoms with Gasteiger partial charge in [-0.25, -0.2) is 9.59 Å². The van der Waals surface area contributed by atoms with Crippen LogP contribution in [0.4, 0.5) is 10.5 Å². The molecule has 4 aliphatic heterocycles. The molecule has 4 bridgehead atoms. The number of alkyl carbamates (subject to hydrolysis) is 1. The van der Waals surface area contributed by atoms with E-state index in [2.05, 4.69) is 17.9 Å². The molecule has 0 saturated carbocycles. The Hall–Kier alpha value is -4.04. The SMILES string of the molecule is C/C1=C\C=C\[C@@H](CO)[C@@]2(O)C[C@H](OC(=O)N2)[C@@H](C)[C@@H]2O[C@@]2(C)[C@@H](OC(=O)[C@H](C)N(C)C(=O)C(CS)C2CC(=O)N(CCO)C2=O)CC(=O)N(C)c2cc(cc(CO)c2Cl)C1. The smallest absolute Gasteiger partial charge is 0.409 e. The summed E-state index contributed by atoms with van der Waals surface area (Å²) in [6, 6.07) is 2.14. The van der Waals surface area contributed by atoms with Crippen molar-refractivity contribution < 1.29 is 63.4 Å². The number of rotatable bonds is 10. The molecule has 0 aromatic heterocycles. The maximum absolute atomic E-state index is 14.2. The molecule has 1 aromatic rings. The van der Waals surface area contributed by atoms with Gasteiger partial charge < -0.3 is 44.4 Å². The van der Waals surface area contributed by atoms with Gasteiger partial charge in [0.1, 0.15) is 23.9 Å². The number of aliphatic hydroxyl groups is 4. The fraction of sp³-hybridized carbons (Fsp3) is 0.610. The molecule has 1 aromatic carbocycles. The van der Waals surface area contributed by atoms with Crippen LogP contribution in [0.5, 0.6) is 0 Å². The summed E-state index contributed by atoms with van der Waals surface area (Å²) < 4.78 is 17.9. The van der Waals surface area contributed by atoms with Crippen LogP contribution < -0.4 is 10.2 Å². The van der Waals surface area contributed by atoms with Crippen LogP contribution in [0, 0.1) is 23.7 Å². The molecule has 4 aliphatic rings. The third-order valence-electron chi connectivity index (χ3n) is 12.3. The van der Waals surface area contributed by atoms with Crippen LogP contribution in [-0.4, -0.2) is 141 Å². The Morgan fingerprint density at radius 1 is 1.15 bits per heavy atom. The lowest BCUT2D eigenvalue weighted by Crippen LogP contribution is -2.62. The Labute approximate surface area is 359 Å². The third-order valence-corrected chi connectivity index (χ3v) is 13.1. The van der Waals surface area contributed by atoms with E-state index in [0.717, 1.165) is 15.4 Å². The molecule has 4 heterocycles. The molecule has 2 unspecified atom stereocenters. The second-order valence-electron chi connectivity index (χ2n) is 16.3. The standard InChI is InChI=1S/C41H55ClN4O13S/c1-21-8-7-9-26(19-49)41(56)17-30(57-39(55)43-41)22(2)35-40(4,59-35)31(16-32(50)45(6)29-14-24(12-21)13-25(18-48)34(29)42)58-38(54)23(3)44(5)36(52)28(20-60)27-15-33(51)46(10-11-47)37(27)53/h7-9,13-14,22-23,26-28,30-31,35,47-49,56,60H,10-12,15-20H2,1-6H3,(H,43,55)/b9-7+,21-8+/t22-,23+,26+,27?,28?,30+,31+,35+,40+,41+/m1/s1. The number of amides is 5. The number of imide groups is 1. The lowest BCUT2D eigenvalue weighted by Gasteiger charge is -2.42. The third kappa shape index (κ3) is 9.54. The van der Waals surface area contributed by atoms with Gasteiger partial charge in [-0.1, -0.05) is 48.4 Å². The van der Waals surface area contributed by atoms with Crippen molar-refractivity contribution in [3.05, 3.63) is 52.1 Å². The second kappa shape index (κ2) is 18.9. The van der Waals surface area contributed by atoms with E-state index in [9.17, 15) is 49.2 Å². The van der Waals surface area contributed by atoms with Crippen LogP contribution >= 0.6 is 24.2 Å². The average molecular weight is 879 g/mol. The van der Waals surface area contributed by atoms with Crippen molar-refractivity contribution in [2.45, 2.75) is 95.7 Å². The molecule has 3 fully saturated rings. The van der Waals surface area contributed by atoms with Gasteiger partial charge in [-0.05, 0) is 44.4 Å². The van der Waals surface area contributed by atoms with Crippen molar-refractivity contribution in [3.63, 3.8) is 0 Å². The number of carbonyl (C=O) groups excluding carboxylic acids is 6. The van der Waals surface area contributed by atoms with Crippen LogP contribution in [0.1, 0.15) is 58.1 Å². The fourth-order valence-corrected chi connectivity index (χ4v) is 8.98. The summed E-state index contributed by atoms with van der Waals surface area (Å²) in [5.74, 6) is -7.15. The summed E-state index contributed by atoms with van der Waals surface area (Å²) in [6.07, 6.45) is 0.520. The number of ether oxygens (including phenoxy) is 3. The summed E-state index contributed by atoms with van der Waals surface area (Å²) in [7, 11) is 2.83. The summed E-state index contributed by atoms with van der Waals surface area (Å²) in [5.41, 5.74) is -1.11. The van der Waals surface area contributed by atoms with Gasteiger partial charge in [-0.3, -0.25) is 29.4 Å². The molecular weight excluding hydrogens is 824 g/mol. The minimum Gasteiger partial charge on any atom is -0.457 e. The number of esters is 1. The molecule has 3 saturated heterocycles. The van der Waals surface area contributed by atoms with Gasteiger partial charge in [0.15, 0.2) is 5.72 Å². The highest BCUT2D eigenvalue weighted by atomic mass is 35.5. The number of likely N-dealkylation sites (N-methyl/N-ethyl adjacent to an activating group) is 1. The molecular formula is C41H55ClN4O13S. The van der Waals surface area contributed by atoms with E-state index in [0.29, 0.717) is 17.5 Å². The van der Waals surface area contributed by atoms with Gasteiger partial charge in [0.25, 0.3) is 0 Å². The normalized spacial score (nSPS) is 32.2. The van der Waals surface area contributed by atoms with Crippen LogP contribution in [0.2, 0.25) is 5.02 Å². The largest absolute Gasteiger partial charge is 0.457 e. The zero-order valence-corrected chi connectivity index (χ0v) is 36.1. The molecule has 330 valence electrons. The van der Waals surface area contributed by atoms with Gasteiger partial charge in [0.05, 0.1) is 61.4 Å². The highest BCUT2D eigenvalue weighted by Gasteiger charge is 2.64. The zero-order valence-electron chi connectivity index (χ0n) is 34.5. The number of aliphatic hydroxyl groups excluding tert-OH is 3. The maximum atomic E-state index is 14.2. The van der Waals surface area contributed by atoms with Gasteiger partial charge in [-0.15, -0.1) is 0 Å². The number of nitrogens with zero attached hydrogens (tertiary/aromatic N) is 3. The Bertz CT molecular complexity index is 1930. The first kappa shape index (κ1) is 47.0. The molecule has 5 amide bonds. The maximum Gasteiger partial charge on any atom is 0.409 e. The number of β-amino-alcohol motifs (C(OH)–C–C–N with tert-alkyl or cyclic N) is 1. The topological polar surface area (TPSA) is 236 Å². The van der Waals surface area contributed by atoms with Gasteiger partial charge >= 0.3 is 12.1 Å². The number of allylic oxidation sites excluding steroid dienone is 3. The number of nitrogens with one attached hydrogen (secondary N) is 1. The summed E-state index contributed by atoms with van der Waals surface area (Å²) in [6.45, 7) is 5.00. The molecule has 19 heteroatoms. The predicted molar refractivity (Wildman–Crippen MR) is 219 cm³/mol. The first-order chi connectivity index (χ1) is 28.2. The van der Waals surface area contributed by atoms with Crippen molar-refractivity contribution in [3.8, 4) is 0 Å². The van der Waals surface area contributed by atoms with Crippen LogP contribution in [0.25, 0.3) is 0 Å². The summed E-state index contributed by atoms with van der Waals surface area (Å²) in [5, 5.41) is 44.2. The molecule has 0 aliphatic carbocycles. The van der Waals surface area contributed by atoms with Crippen molar-refractivity contribution >= 4 is 65.6 Å². The fourth-order valence-electron chi connectivity index (χ4n) is 8.28. The van der Waals surface area contributed by atoms with Gasteiger partial charge in [-0.2, -0.15) is 12.6 Å². The molecule has 5 rings (SSSR count). The lowest BCUT2D eigenvalue weighted by molar-refractivity contribution is -0.163. The van der Waals surface area contributed by atoms with E-state index in [1.807, 2.05) is 6.92 Å². The quantitative estimate of drug-likeness (QED) is 0.0848. The number of likely N-dealkylation sites (tertiary alicyclic amines) is 1. The summed E-state index contributed by atoms with van der Waals surface area (Å²) in [4.78, 5) is 83.9. The van der Waals surface area contributed by atoms with Gasteiger partial charge in [0, 0.05) is 44.5 Å². The number of carbonyl (C=O) groups is 6. The Kier molecular flexibility index (Phi) is 14.8. The number of fused-ring (bicyclic) bond motifs is 5. The number of anilines is 1. The number of thiol groups is 1. The summed E-state index contributed by atoms with van der Waals surface area (Å²) >= 11 is 11.0. The Balaban J connectivity index is 1.48. The molecule has 17 nitrogen and oxygen atoms in total. The molecule has 5 N–H and O–H groups in total. The molecule has 60 heavy (non-hydrogen) atoms. The monoisotopic (exact) mass is 878 g/mol. The van der Waals surface area contributed by atoms with Crippen molar-refractivity contribution in [1.29, 1.82) is 0 Å². The average Bonchev–Trinajstić information content (AvgIpc) is 3.83. The minimum atomic E-state index is -1.92. The Morgan fingerprint density at radius 3 is 2.48 bits per heavy atom. The van der Waals surface area contributed by atoms with E-state index in [-0.39, 0.29) is 35.8 Å². The van der Waals surface area contributed by atoms with Crippen LogP contribution in [-0.2, 0) is 51.2 Å². The first-order valence-corrected chi connectivity index (χ1v) is 20.8. The second-order valence-corrected chi connectivity index (χ2v) is 17.0. The predicted octanol–water partition coefficient (Wildman–Crippen LogP) is 1.51. The minimum absolute atomic E-state index is 0.125. The van der Waals surface area contributed by atoms with Crippen LogP contribution in [0.3, 0.4) is 0 Å². The van der Waals surface area contributed by atoms with Crippen molar-refractivity contribution in [2.75, 3.05) is 44.5 Å². The number of epoxide rings is 1. The zero-order chi connectivity index (χ0) is 44.4. The number of hydrogen-bond acceptors (Lipinski definition) is 14. The molecule has 0 spiro atoms. The first-order valence-electron chi connectivity index (χ1n) is 19.8. The Morgan fingerprint density at radius 2 is 1.85 bits per heavy atom. The van der Waals surface area contributed by atoms with E-state index in [1.165, 1.54) is 25.9 Å². The molecule has 10 atom stereocenters. The molecule has 0 radical (unpaired) electrons. The number of benzene rings is 1. The van der Waals surface area contributed by atoms with E-state index in [1.54, 1.807) is 44.2 Å². The van der Waals surface area contributed by atoms with E-state index >= 15 is 0 Å². The number of halogens is 1. The van der Waals surface area contributed by atoms with E-state index in [4.69, 9.17) is 25.8 Å². The highest BCUT2D eigenvalue weighted by Crippen LogP contribution is 2.49. The lowest BCUT2D eigenvalue weighted by atomic mass is 9.81. The highest BCUT2D eigenvalue weighted by molar-refractivity contribution is 7.80. The van der Waals surface area contributed by atoms with E-state index < -0.39 is 121 Å². The number of hydrogen-bond donors (Lipinski definition) is 6. The van der Waals surface area contributed by atoms with Crippen molar-refractivity contribution in [2.24, 2.45) is 23.7 Å². The van der Waals surface area contributed by atoms with Crippen LogP contribution in [0.15, 0.2) is 35.9 Å². The van der Waals surface area contributed by atoms with Gasteiger partial charge in [0.2, 0.25) is 23.6 Å².